The fourth-order valence-corrected chi connectivity index (χ4v) is 4.22. The number of hydrogen-bond acceptors (Lipinski definition) is 1. The molecule has 0 saturated heterocycles. The normalized spacial score (nSPS) is 14.6. The van der Waals surface area contributed by atoms with Gasteiger partial charge in [-0.2, -0.15) is 4.57 Å². The van der Waals surface area contributed by atoms with Crippen LogP contribution in [0.3, 0.4) is 0 Å². The zero-order valence-electron chi connectivity index (χ0n) is 18.8. The number of benzene rings is 2. The van der Waals surface area contributed by atoms with E-state index in [2.05, 4.69) is 114 Å². The molecule has 0 spiro atoms. The van der Waals surface area contributed by atoms with Crippen LogP contribution in [-0.2, 0) is 6.54 Å². The fraction of sp³-hybridized carbons (Fsp3) is 0.276. The molecule has 1 aliphatic heterocycles. The molecule has 0 atom stereocenters. The van der Waals surface area contributed by atoms with Crippen molar-refractivity contribution in [1.29, 1.82) is 0 Å². The summed E-state index contributed by atoms with van der Waals surface area (Å²) in [5.74, 6) is 0. The number of anilines is 1. The van der Waals surface area contributed by atoms with Crippen molar-refractivity contribution in [3.63, 3.8) is 0 Å². The second-order valence-electron chi connectivity index (χ2n) is 8.17. The van der Waals surface area contributed by atoms with Gasteiger partial charge in [-0.1, -0.05) is 69.2 Å². The third kappa shape index (κ3) is 4.80. The van der Waals surface area contributed by atoms with Gasteiger partial charge < -0.3 is 4.90 Å². The average molecular weight is 410 g/mol. The van der Waals surface area contributed by atoms with Crippen LogP contribution in [0.15, 0.2) is 84.6 Å². The van der Waals surface area contributed by atoms with Gasteiger partial charge in [-0.05, 0) is 42.3 Å². The van der Waals surface area contributed by atoms with Crippen LogP contribution < -0.4 is 9.47 Å². The van der Waals surface area contributed by atoms with Crippen molar-refractivity contribution in [2.24, 2.45) is 0 Å². The molecule has 0 bridgehead atoms. The molecular weight excluding hydrogens is 376 g/mol. The Labute approximate surface area is 186 Å². The topological polar surface area (TPSA) is 7.12 Å². The summed E-state index contributed by atoms with van der Waals surface area (Å²) in [4.78, 5) is 2.45. The van der Waals surface area contributed by atoms with E-state index in [1.807, 2.05) is 0 Å². The quantitative estimate of drug-likeness (QED) is 0.358. The summed E-state index contributed by atoms with van der Waals surface area (Å²) in [6, 6.07) is 21.8. The van der Waals surface area contributed by atoms with Gasteiger partial charge in [-0.3, -0.25) is 0 Å². The lowest BCUT2D eigenvalue weighted by molar-refractivity contribution is -0.673. The molecule has 0 N–H and O–H groups in total. The van der Waals surface area contributed by atoms with Crippen LogP contribution in [0, 0.1) is 0 Å². The highest BCUT2D eigenvalue weighted by Crippen LogP contribution is 2.31. The van der Waals surface area contributed by atoms with E-state index in [0.717, 1.165) is 13.1 Å². The predicted molar refractivity (Wildman–Crippen MR) is 134 cm³/mol. The summed E-state index contributed by atoms with van der Waals surface area (Å²) in [5, 5.41) is 1.30. The first kappa shape index (κ1) is 21.1. The maximum atomic E-state index is 2.45. The second kappa shape index (κ2) is 10.3. The monoisotopic (exact) mass is 409 g/mol. The summed E-state index contributed by atoms with van der Waals surface area (Å²) in [5.41, 5.74) is 6.42. The van der Waals surface area contributed by atoms with E-state index in [4.69, 9.17) is 0 Å². The molecule has 0 fully saturated rings. The van der Waals surface area contributed by atoms with Crippen LogP contribution in [-0.4, -0.2) is 6.54 Å². The van der Waals surface area contributed by atoms with E-state index in [0.29, 0.717) is 0 Å². The van der Waals surface area contributed by atoms with E-state index in [-0.39, 0.29) is 0 Å². The van der Waals surface area contributed by atoms with Gasteiger partial charge in [0, 0.05) is 47.9 Å². The van der Waals surface area contributed by atoms with Crippen molar-refractivity contribution in [3.05, 3.63) is 95.8 Å². The van der Waals surface area contributed by atoms with Gasteiger partial charge in [0.25, 0.3) is 0 Å². The minimum absolute atomic E-state index is 1.05. The van der Waals surface area contributed by atoms with Crippen LogP contribution in [0.4, 0.5) is 5.69 Å². The average Bonchev–Trinajstić information content (AvgIpc) is 2.82. The first-order chi connectivity index (χ1) is 15.3. The molecule has 2 aromatic carbocycles. The van der Waals surface area contributed by atoms with E-state index in [1.54, 1.807) is 0 Å². The Bertz CT molecular complexity index is 1120. The number of rotatable bonds is 8. The summed E-state index contributed by atoms with van der Waals surface area (Å²) in [7, 11) is 0. The Morgan fingerprint density at radius 2 is 1.65 bits per heavy atom. The van der Waals surface area contributed by atoms with Gasteiger partial charge in [0.1, 0.15) is 6.54 Å². The Morgan fingerprint density at radius 3 is 2.52 bits per heavy atom. The van der Waals surface area contributed by atoms with Crippen molar-refractivity contribution in [2.75, 3.05) is 11.4 Å². The Hall–Kier alpha value is -3.13. The first-order valence-electron chi connectivity index (χ1n) is 11.7. The van der Waals surface area contributed by atoms with Crippen LogP contribution in [0.5, 0.6) is 0 Å². The number of hydrogen-bond donors (Lipinski definition) is 0. The largest absolute Gasteiger partial charge is 0.341 e. The molecule has 2 heterocycles. The van der Waals surface area contributed by atoms with Gasteiger partial charge in [0.2, 0.25) is 11.2 Å². The minimum atomic E-state index is 1.05. The molecule has 31 heavy (non-hydrogen) atoms. The summed E-state index contributed by atoms with van der Waals surface area (Å²) in [6.45, 7) is 6.60. The third-order valence-electron chi connectivity index (χ3n) is 5.95. The molecule has 1 aliphatic rings. The SMILES string of the molecule is CCCCN1C(=CC=Cc2ccc3ccccc3[n+]2CCCC)C=Cc2ccccc21. The maximum Gasteiger partial charge on any atom is 0.212 e. The highest BCUT2D eigenvalue weighted by molar-refractivity contribution is 5.77. The molecule has 0 amide bonds. The molecule has 2 heteroatoms. The summed E-state index contributed by atoms with van der Waals surface area (Å²) >= 11 is 0. The number of nitrogens with zero attached hydrogens (tertiary/aromatic N) is 2. The number of unbranched alkanes of at least 4 members (excludes halogenated alkanes) is 2. The highest BCUT2D eigenvalue weighted by Gasteiger charge is 2.16. The second-order valence-corrected chi connectivity index (χ2v) is 8.17. The molecule has 0 radical (unpaired) electrons. The zero-order valence-corrected chi connectivity index (χ0v) is 18.8. The van der Waals surface area contributed by atoms with Crippen LogP contribution >= 0.6 is 0 Å². The number of aromatic nitrogens is 1. The molecule has 0 unspecified atom stereocenters. The molecule has 1 aromatic heterocycles. The minimum Gasteiger partial charge on any atom is -0.341 e. The van der Waals surface area contributed by atoms with Gasteiger partial charge in [-0.25, -0.2) is 0 Å². The van der Waals surface area contributed by atoms with Crippen molar-refractivity contribution in [3.8, 4) is 0 Å². The van der Waals surface area contributed by atoms with Crippen molar-refractivity contribution in [2.45, 2.75) is 46.1 Å². The lowest BCUT2D eigenvalue weighted by Crippen LogP contribution is -2.37. The van der Waals surface area contributed by atoms with Crippen molar-refractivity contribution < 1.29 is 4.57 Å². The van der Waals surface area contributed by atoms with Gasteiger partial charge in [0.05, 0.1) is 0 Å². The lowest BCUT2D eigenvalue weighted by Gasteiger charge is -2.30. The molecular formula is C29H33N2+. The number of para-hydroxylation sites is 2. The summed E-state index contributed by atoms with van der Waals surface area (Å²) < 4.78 is 2.45. The molecule has 4 rings (SSSR count). The van der Waals surface area contributed by atoms with E-state index in [9.17, 15) is 0 Å². The Balaban J connectivity index is 1.66. The standard InChI is InChI=1S/C29H33N2/c1-3-5-22-30-26(20-18-24-12-7-9-16-28(24)30)14-11-15-27-21-19-25-13-8-10-17-29(25)31(27)23-6-4-2/h7-21H,3-6,22-23H2,1-2H3/q+1. The lowest BCUT2D eigenvalue weighted by atomic mass is 10.0. The Morgan fingerprint density at radius 1 is 0.839 bits per heavy atom. The van der Waals surface area contributed by atoms with Crippen molar-refractivity contribution in [1.82, 2.24) is 0 Å². The Kier molecular flexibility index (Phi) is 6.99. The van der Waals surface area contributed by atoms with Gasteiger partial charge in [0.15, 0.2) is 0 Å². The number of allylic oxidation sites excluding steroid dienone is 3. The molecule has 0 saturated carbocycles. The molecule has 2 nitrogen and oxygen atoms in total. The van der Waals surface area contributed by atoms with E-state index in [1.165, 1.54) is 59.2 Å². The predicted octanol–water partition coefficient (Wildman–Crippen LogP) is 7.16. The number of pyridine rings is 1. The molecule has 3 aromatic rings. The van der Waals surface area contributed by atoms with Gasteiger partial charge in [-0.15, -0.1) is 0 Å². The fourth-order valence-electron chi connectivity index (χ4n) is 4.22. The first-order valence-corrected chi connectivity index (χ1v) is 11.7. The maximum absolute atomic E-state index is 2.45. The van der Waals surface area contributed by atoms with E-state index >= 15 is 0 Å². The number of aryl methyl sites for hydroxylation is 1. The van der Waals surface area contributed by atoms with E-state index < -0.39 is 0 Å². The molecule has 158 valence electrons. The van der Waals surface area contributed by atoms with Gasteiger partial charge >= 0.3 is 0 Å². The molecule has 0 aliphatic carbocycles. The zero-order chi connectivity index (χ0) is 21.5. The third-order valence-corrected chi connectivity index (χ3v) is 5.95. The highest BCUT2D eigenvalue weighted by atomic mass is 15.1. The van der Waals surface area contributed by atoms with Crippen LogP contribution in [0.2, 0.25) is 0 Å². The van der Waals surface area contributed by atoms with Crippen molar-refractivity contribution >= 4 is 28.7 Å². The van der Waals surface area contributed by atoms with Crippen LogP contribution in [0.1, 0.15) is 50.8 Å². The summed E-state index contributed by atoms with van der Waals surface area (Å²) in [6.07, 6.45) is 15.9. The smallest absolute Gasteiger partial charge is 0.212 e. The number of fused-ring (bicyclic) bond motifs is 2. The van der Waals surface area contributed by atoms with Crippen LogP contribution in [0.25, 0.3) is 23.1 Å².